The number of rotatable bonds is 3. The van der Waals surface area contributed by atoms with Gasteiger partial charge in [-0.3, -0.25) is 0 Å². The number of hydrogen-bond acceptors (Lipinski definition) is 3. The molecule has 4 heteroatoms. The zero-order valence-corrected chi connectivity index (χ0v) is 9.02. The molecule has 2 unspecified atom stereocenters. The van der Waals surface area contributed by atoms with Gasteiger partial charge in [0.2, 0.25) is 0 Å². The van der Waals surface area contributed by atoms with Gasteiger partial charge in [-0.2, -0.15) is 0 Å². The summed E-state index contributed by atoms with van der Waals surface area (Å²) in [6.45, 7) is 1.90. The van der Waals surface area contributed by atoms with Gasteiger partial charge in [-0.15, -0.1) is 0 Å². The fourth-order valence-corrected chi connectivity index (χ4v) is 3.93. The molecule has 1 aliphatic rings. The first-order chi connectivity index (χ1) is 6.06. The fraction of sp³-hybridized carbons (Fsp3) is 1.00. The van der Waals surface area contributed by atoms with Crippen LogP contribution >= 0.6 is 0 Å². The van der Waals surface area contributed by atoms with E-state index < -0.39 is 9.84 Å². The molecule has 3 nitrogen and oxygen atoms in total. The smallest absolute Gasteiger partial charge is 0.153 e. The molecule has 0 amide bonds. The molecule has 0 heterocycles. The van der Waals surface area contributed by atoms with E-state index in [0.29, 0.717) is 18.6 Å². The Labute approximate surface area is 80.6 Å². The first-order valence-electron chi connectivity index (χ1n) is 5.03. The van der Waals surface area contributed by atoms with Crippen LogP contribution in [-0.4, -0.2) is 25.5 Å². The van der Waals surface area contributed by atoms with Gasteiger partial charge in [0.1, 0.15) is 0 Å². The SMILES string of the molecule is CCCS(=O)(=O)C1CCCC(N)C1. The average molecular weight is 205 g/mol. The maximum atomic E-state index is 11.7. The highest BCUT2D eigenvalue weighted by molar-refractivity contribution is 7.92. The molecule has 0 aliphatic heterocycles. The Morgan fingerprint density at radius 1 is 1.38 bits per heavy atom. The predicted octanol–water partition coefficient (Wildman–Crippen LogP) is 1.08. The van der Waals surface area contributed by atoms with Crippen molar-refractivity contribution in [2.24, 2.45) is 5.73 Å². The summed E-state index contributed by atoms with van der Waals surface area (Å²) in [5.74, 6) is 0.324. The molecule has 1 aliphatic carbocycles. The maximum Gasteiger partial charge on any atom is 0.153 e. The van der Waals surface area contributed by atoms with E-state index in [4.69, 9.17) is 5.73 Å². The summed E-state index contributed by atoms with van der Waals surface area (Å²) in [7, 11) is -2.85. The topological polar surface area (TPSA) is 60.2 Å². The fourth-order valence-electron chi connectivity index (χ4n) is 1.96. The van der Waals surface area contributed by atoms with E-state index in [2.05, 4.69) is 0 Å². The van der Waals surface area contributed by atoms with Crippen molar-refractivity contribution in [1.29, 1.82) is 0 Å². The molecule has 1 fully saturated rings. The Kier molecular flexibility index (Phi) is 3.74. The lowest BCUT2D eigenvalue weighted by Crippen LogP contribution is -2.36. The van der Waals surface area contributed by atoms with Crippen molar-refractivity contribution in [1.82, 2.24) is 0 Å². The zero-order valence-electron chi connectivity index (χ0n) is 8.20. The quantitative estimate of drug-likeness (QED) is 0.750. The van der Waals surface area contributed by atoms with Crippen LogP contribution in [0.5, 0.6) is 0 Å². The van der Waals surface area contributed by atoms with Crippen LogP contribution in [0, 0.1) is 0 Å². The second kappa shape index (κ2) is 4.42. The van der Waals surface area contributed by atoms with E-state index >= 15 is 0 Å². The molecule has 1 saturated carbocycles. The lowest BCUT2D eigenvalue weighted by Gasteiger charge is -2.26. The molecule has 0 spiro atoms. The van der Waals surface area contributed by atoms with Gasteiger partial charge in [-0.1, -0.05) is 13.3 Å². The maximum absolute atomic E-state index is 11.7. The Morgan fingerprint density at radius 2 is 2.08 bits per heavy atom. The summed E-state index contributed by atoms with van der Waals surface area (Å²) in [4.78, 5) is 0. The molecule has 0 radical (unpaired) electrons. The minimum Gasteiger partial charge on any atom is -0.328 e. The molecular weight excluding hydrogens is 186 g/mol. The molecule has 1 rings (SSSR count). The summed E-state index contributed by atoms with van der Waals surface area (Å²) in [6.07, 6.45) is 4.15. The average Bonchev–Trinajstić information content (AvgIpc) is 2.04. The van der Waals surface area contributed by atoms with Gasteiger partial charge in [0.15, 0.2) is 9.84 Å². The van der Waals surface area contributed by atoms with Crippen molar-refractivity contribution in [2.45, 2.75) is 50.3 Å². The van der Waals surface area contributed by atoms with Gasteiger partial charge in [0.25, 0.3) is 0 Å². The third-order valence-electron chi connectivity index (χ3n) is 2.66. The van der Waals surface area contributed by atoms with E-state index in [0.717, 1.165) is 19.3 Å². The van der Waals surface area contributed by atoms with E-state index in [9.17, 15) is 8.42 Å². The van der Waals surface area contributed by atoms with Gasteiger partial charge in [0.05, 0.1) is 11.0 Å². The summed E-state index contributed by atoms with van der Waals surface area (Å²) in [5.41, 5.74) is 5.75. The molecule has 13 heavy (non-hydrogen) atoms. The highest BCUT2D eigenvalue weighted by Gasteiger charge is 2.29. The normalized spacial score (nSPS) is 30.3. The van der Waals surface area contributed by atoms with Crippen molar-refractivity contribution in [2.75, 3.05) is 5.75 Å². The second-order valence-corrected chi connectivity index (χ2v) is 6.32. The number of hydrogen-bond donors (Lipinski definition) is 1. The van der Waals surface area contributed by atoms with Crippen molar-refractivity contribution < 1.29 is 8.42 Å². The highest BCUT2D eigenvalue weighted by atomic mass is 32.2. The molecule has 0 aromatic heterocycles. The Bertz CT molecular complexity index is 248. The molecule has 0 bridgehead atoms. The lowest BCUT2D eigenvalue weighted by molar-refractivity contribution is 0.433. The Hall–Kier alpha value is -0.0900. The van der Waals surface area contributed by atoms with Crippen LogP contribution in [0.3, 0.4) is 0 Å². The van der Waals surface area contributed by atoms with Crippen LogP contribution in [-0.2, 0) is 9.84 Å². The molecule has 2 N–H and O–H groups in total. The molecule has 0 saturated heterocycles. The lowest BCUT2D eigenvalue weighted by atomic mass is 9.96. The van der Waals surface area contributed by atoms with E-state index in [1.807, 2.05) is 6.92 Å². The van der Waals surface area contributed by atoms with E-state index in [1.54, 1.807) is 0 Å². The standard InChI is InChI=1S/C9H19NO2S/c1-2-6-13(11,12)9-5-3-4-8(10)7-9/h8-9H,2-7,10H2,1H3. The largest absolute Gasteiger partial charge is 0.328 e. The van der Waals surface area contributed by atoms with Gasteiger partial charge in [0, 0.05) is 6.04 Å². The third kappa shape index (κ3) is 2.95. The van der Waals surface area contributed by atoms with Crippen molar-refractivity contribution in [3.8, 4) is 0 Å². The minimum atomic E-state index is -2.85. The first-order valence-corrected chi connectivity index (χ1v) is 6.75. The molecule has 2 atom stereocenters. The third-order valence-corrected chi connectivity index (χ3v) is 5.08. The summed E-state index contributed by atoms with van der Waals surface area (Å²) in [6, 6.07) is 0.102. The van der Waals surface area contributed by atoms with E-state index in [1.165, 1.54) is 0 Å². The molecular formula is C9H19NO2S. The molecule has 0 aromatic rings. The van der Waals surface area contributed by atoms with Gasteiger partial charge >= 0.3 is 0 Å². The summed E-state index contributed by atoms with van der Waals surface area (Å²) < 4.78 is 23.4. The highest BCUT2D eigenvalue weighted by Crippen LogP contribution is 2.23. The zero-order chi connectivity index (χ0) is 9.90. The van der Waals surface area contributed by atoms with Crippen LogP contribution in [0.15, 0.2) is 0 Å². The van der Waals surface area contributed by atoms with Crippen LogP contribution in [0.1, 0.15) is 39.0 Å². The minimum absolute atomic E-state index is 0.102. The Balaban J connectivity index is 2.60. The van der Waals surface area contributed by atoms with Crippen LogP contribution in [0.4, 0.5) is 0 Å². The van der Waals surface area contributed by atoms with Crippen molar-refractivity contribution >= 4 is 9.84 Å². The number of sulfone groups is 1. The first kappa shape index (κ1) is 11.0. The van der Waals surface area contributed by atoms with Gasteiger partial charge in [-0.25, -0.2) is 8.42 Å². The number of nitrogens with two attached hydrogens (primary N) is 1. The van der Waals surface area contributed by atoms with Crippen LogP contribution in [0.2, 0.25) is 0 Å². The van der Waals surface area contributed by atoms with Crippen LogP contribution in [0.25, 0.3) is 0 Å². The van der Waals surface area contributed by atoms with E-state index in [-0.39, 0.29) is 11.3 Å². The molecule has 78 valence electrons. The second-order valence-electron chi connectivity index (χ2n) is 3.92. The molecule has 0 aromatic carbocycles. The monoisotopic (exact) mass is 205 g/mol. The summed E-state index contributed by atoms with van der Waals surface area (Å²) >= 11 is 0. The van der Waals surface area contributed by atoms with Crippen molar-refractivity contribution in [3.63, 3.8) is 0 Å². The van der Waals surface area contributed by atoms with Crippen molar-refractivity contribution in [3.05, 3.63) is 0 Å². The van der Waals surface area contributed by atoms with Gasteiger partial charge < -0.3 is 5.73 Å². The van der Waals surface area contributed by atoms with Crippen LogP contribution < -0.4 is 5.73 Å². The Morgan fingerprint density at radius 3 is 2.62 bits per heavy atom. The predicted molar refractivity (Wildman–Crippen MR) is 54.3 cm³/mol. The summed E-state index contributed by atoms with van der Waals surface area (Å²) in [5, 5.41) is -0.156. The van der Waals surface area contributed by atoms with Gasteiger partial charge in [-0.05, 0) is 25.7 Å².